The molecule has 162 valence electrons. The normalized spacial score (nSPS) is 18.0. The Kier molecular flexibility index (Phi) is 6.80. The molecule has 4 rings (SSSR count). The summed E-state index contributed by atoms with van der Waals surface area (Å²) in [6, 6.07) is 14.8. The number of halogens is 2. The molecule has 5 nitrogen and oxygen atoms in total. The first-order chi connectivity index (χ1) is 15.0. The number of amides is 3. The maximum absolute atomic E-state index is 12.9. The number of rotatable bonds is 3. The molecule has 8 heteroatoms. The van der Waals surface area contributed by atoms with Crippen molar-refractivity contribution < 1.29 is 9.59 Å². The van der Waals surface area contributed by atoms with Crippen molar-refractivity contribution in [2.24, 2.45) is 0 Å². The van der Waals surface area contributed by atoms with Gasteiger partial charge in [0, 0.05) is 31.5 Å². The summed E-state index contributed by atoms with van der Waals surface area (Å²) in [5.74, 6) is 0.937. The van der Waals surface area contributed by atoms with Gasteiger partial charge in [0.15, 0.2) is 0 Å². The number of benzene rings is 2. The van der Waals surface area contributed by atoms with Gasteiger partial charge in [-0.1, -0.05) is 59.6 Å². The Balaban J connectivity index is 1.38. The largest absolute Gasteiger partial charge is 0.324 e. The Morgan fingerprint density at radius 3 is 2.48 bits per heavy atom. The summed E-state index contributed by atoms with van der Waals surface area (Å²) in [6.07, 6.45) is 4.98. The highest BCUT2D eigenvalue weighted by Gasteiger charge is 2.46. The molecule has 2 fully saturated rings. The Hall–Kier alpha value is -2.15. The number of likely N-dealkylation sites (tertiary alicyclic amines) is 1. The quantitative estimate of drug-likeness (QED) is 0.587. The highest BCUT2D eigenvalue weighted by molar-refractivity contribution is 8.00. The number of hydrogen-bond donors (Lipinski definition) is 1. The topological polar surface area (TPSA) is 52.7 Å². The maximum Gasteiger partial charge on any atom is 0.321 e. The first kappa shape index (κ1) is 22.1. The van der Waals surface area contributed by atoms with Crippen LogP contribution in [0.4, 0.5) is 10.5 Å². The van der Waals surface area contributed by atoms with Gasteiger partial charge in [-0.2, -0.15) is 0 Å². The molecule has 3 amide bonds. The second-order valence-corrected chi connectivity index (χ2v) is 9.79. The zero-order valence-corrected chi connectivity index (χ0v) is 19.2. The summed E-state index contributed by atoms with van der Waals surface area (Å²) < 4.78 is 0. The third-order valence-corrected chi connectivity index (χ3v) is 8.06. The monoisotopic (exact) mass is 475 g/mol. The smallest absolute Gasteiger partial charge is 0.321 e. The van der Waals surface area contributed by atoms with Crippen LogP contribution in [0.2, 0.25) is 10.0 Å². The van der Waals surface area contributed by atoms with Gasteiger partial charge in [0.2, 0.25) is 5.91 Å². The van der Waals surface area contributed by atoms with Crippen molar-refractivity contribution in [3.8, 4) is 0 Å². The molecule has 31 heavy (non-hydrogen) atoms. The van der Waals surface area contributed by atoms with Crippen LogP contribution < -0.4 is 5.32 Å². The van der Waals surface area contributed by atoms with Gasteiger partial charge in [-0.25, -0.2) is 4.79 Å². The Morgan fingerprint density at radius 2 is 1.74 bits per heavy atom. The minimum Gasteiger partial charge on any atom is -0.324 e. The fraction of sp³-hybridized carbons (Fsp3) is 0.304. The van der Waals surface area contributed by atoms with Gasteiger partial charge in [-0.05, 0) is 36.6 Å². The third-order valence-electron chi connectivity index (χ3n) is 5.69. The van der Waals surface area contributed by atoms with Crippen LogP contribution in [0.15, 0.2) is 54.6 Å². The van der Waals surface area contributed by atoms with Crippen molar-refractivity contribution in [2.45, 2.75) is 17.7 Å². The molecule has 2 aliphatic rings. The summed E-state index contributed by atoms with van der Waals surface area (Å²) in [4.78, 5) is 29.1. The molecule has 0 radical (unpaired) electrons. The van der Waals surface area contributed by atoms with Crippen LogP contribution in [0.5, 0.6) is 0 Å². The van der Waals surface area contributed by atoms with Crippen LogP contribution >= 0.6 is 35.0 Å². The number of carbonyl (C=O) groups excluding carboxylic acids is 2. The molecule has 2 aromatic carbocycles. The van der Waals surface area contributed by atoms with Crippen LogP contribution in [0.1, 0.15) is 18.4 Å². The predicted octanol–water partition coefficient (Wildman–Crippen LogP) is 5.61. The lowest BCUT2D eigenvalue weighted by Gasteiger charge is -2.43. The second-order valence-electron chi connectivity index (χ2n) is 7.55. The summed E-state index contributed by atoms with van der Waals surface area (Å²) >= 11 is 14.0. The van der Waals surface area contributed by atoms with E-state index in [1.54, 1.807) is 29.2 Å². The lowest BCUT2D eigenvalue weighted by Crippen LogP contribution is -2.54. The van der Waals surface area contributed by atoms with Gasteiger partial charge in [0.25, 0.3) is 0 Å². The van der Waals surface area contributed by atoms with Crippen molar-refractivity contribution in [3.63, 3.8) is 0 Å². The van der Waals surface area contributed by atoms with Crippen molar-refractivity contribution in [3.05, 3.63) is 70.2 Å². The minimum atomic E-state index is -0.247. The zero-order valence-electron chi connectivity index (χ0n) is 16.9. The molecule has 1 spiro atoms. The van der Waals surface area contributed by atoms with Gasteiger partial charge in [-0.3, -0.25) is 4.79 Å². The summed E-state index contributed by atoms with van der Waals surface area (Å²) in [7, 11) is 0. The molecular weight excluding hydrogens is 453 g/mol. The summed E-state index contributed by atoms with van der Waals surface area (Å²) in [5, 5.41) is 3.58. The molecule has 2 aromatic rings. The van der Waals surface area contributed by atoms with Gasteiger partial charge in [-0.15, -0.1) is 11.8 Å². The predicted molar refractivity (Wildman–Crippen MR) is 129 cm³/mol. The van der Waals surface area contributed by atoms with E-state index in [-0.39, 0.29) is 16.8 Å². The summed E-state index contributed by atoms with van der Waals surface area (Å²) in [5.41, 5.74) is 1.50. The highest BCUT2D eigenvalue weighted by atomic mass is 35.5. The minimum absolute atomic E-state index is 0.0254. The van der Waals surface area contributed by atoms with Crippen LogP contribution in [0, 0.1) is 0 Å². The van der Waals surface area contributed by atoms with E-state index in [1.807, 2.05) is 53.1 Å². The molecule has 0 unspecified atom stereocenters. The molecule has 2 aliphatic heterocycles. The fourth-order valence-electron chi connectivity index (χ4n) is 4.01. The number of urea groups is 1. The molecule has 0 saturated carbocycles. The molecule has 2 saturated heterocycles. The van der Waals surface area contributed by atoms with E-state index in [0.717, 1.165) is 30.7 Å². The summed E-state index contributed by atoms with van der Waals surface area (Å²) in [6.45, 7) is 1.87. The molecule has 0 atom stereocenters. The van der Waals surface area contributed by atoms with E-state index in [4.69, 9.17) is 23.2 Å². The van der Waals surface area contributed by atoms with Crippen LogP contribution in [0.25, 0.3) is 6.08 Å². The third kappa shape index (κ3) is 4.86. The van der Waals surface area contributed by atoms with Crippen molar-refractivity contribution in [2.75, 3.05) is 30.7 Å². The Labute approximate surface area is 196 Å². The fourth-order valence-corrected chi connectivity index (χ4v) is 5.82. The molecular formula is C23H23Cl2N3O2S. The number of piperidine rings is 1. The van der Waals surface area contributed by atoms with Crippen LogP contribution in [0.3, 0.4) is 0 Å². The lowest BCUT2D eigenvalue weighted by molar-refractivity contribution is -0.129. The van der Waals surface area contributed by atoms with E-state index in [1.165, 1.54) is 0 Å². The molecule has 0 aliphatic carbocycles. The molecule has 0 bridgehead atoms. The first-order valence-corrected chi connectivity index (χ1v) is 11.9. The lowest BCUT2D eigenvalue weighted by atomic mass is 10.0. The first-order valence-electron chi connectivity index (χ1n) is 10.2. The Morgan fingerprint density at radius 1 is 1.00 bits per heavy atom. The zero-order chi connectivity index (χ0) is 21.8. The number of thioether (sulfide) groups is 1. The Bertz CT molecular complexity index is 992. The number of nitrogens with one attached hydrogen (secondary N) is 1. The number of nitrogens with zero attached hydrogens (tertiary/aromatic N) is 2. The standard InChI is InChI=1S/C23H23Cl2N3O2S/c24-18-7-4-8-19(21(18)25)26-22(30)27-13-11-23(12-14-27)28(15-16-31-23)20(29)10-9-17-5-2-1-3-6-17/h1-10H,11-16H2,(H,26,30). The van der Waals surface area contributed by atoms with Crippen LogP contribution in [-0.2, 0) is 4.79 Å². The average Bonchev–Trinajstić information content (AvgIpc) is 3.19. The van der Waals surface area contributed by atoms with Gasteiger partial charge >= 0.3 is 6.03 Å². The van der Waals surface area contributed by atoms with E-state index >= 15 is 0 Å². The number of anilines is 1. The number of hydrogen-bond acceptors (Lipinski definition) is 3. The number of carbonyl (C=O) groups is 2. The van der Waals surface area contributed by atoms with Gasteiger partial charge in [0.1, 0.15) is 0 Å². The van der Waals surface area contributed by atoms with E-state index in [2.05, 4.69) is 5.32 Å². The molecule has 1 N–H and O–H groups in total. The van der Waals surface area contributed by atoms with Crippen molar-refractivity contribution in [1.29, 1.82) is 0 Å². The molecule has 0 aromatic heterocycles. The van der Waals surface area contributed by atoms with Crippen molar-refractivity contribution >= 4 is 58.7 Å². The van der Waals surface area contributed by atoms with E-state index < -0.39 is 0 Å². The SMILES string of the molecule is O=C(Nc1cccc(Cl)c1Cl)N1CCC2(CC1)SCCN2C(=O)C=Cc1ccccc1. The molecule has 2 heterocycles. The van der Waals surface area contributed by atoms with Gasteiger partial charge < -0.3 is 15.1 Å². The second kappa shape index (κ2) is 9.55. The van der Waals surface area contributed by atoms with Crippen molar-refractivity contribution in [1.82, 2.24) is 9.80 Å². The van der Waals surface area contributed by atoms with Gasteiger partial charge in [0.05, 0.1) is 20.6 Å². The van der Waals surface area contributed by atoms with E-state index in [9.17, 15) is 9.59 Å². The average molecular weight is 476 g/mol. The van der Waals surface area contributed by atoms with E-state index in [0.29, 0.717) is 28.8 Å². The van der Waals surface area contributed by atoms with Crippen LogP contribution in [-0.4, -0.2) is 52.0 Å². The maximum atomic E-state index is 12.9. The highest BCUT2D eigenvalue weighted by Crippen LogP contribution is 2.44.